The first-order chi connectivity index (χ1) is 14.8. The lowest BCUT2D eigenvalue weighted by molar-refractivity contribution is -0.118. The maximum atomic E-state index is 13.0. The van der Waals surface area contributed by atoms with E-state index < -0.39 is 0 Å². The van der Waals surface area contributed by atoms with Gasteiger partial charge in [-0.05, 0) is 50.6 Å². The van der Waals surface area contributed by atoms with E-state index in [4.69, 9.17) is 4.99 Å². The van der Waals surface area contributed by atoms with Gasteiger partial charge in [-0.25, -0.2) is 0 Å². The summed E-state index contributed by atoms with van der Waals surface area (Å²) in [6, 6.07) is 0.170. The zero-order chi connectivity index (χ0) is 23.4. The zero-order valence-corrected chi connectivity index (χ0v) is 20.4. The third kappa shape index (κ3) is 7.61. The maximum Gasteiger partial charge on any atom is 0.163 e. The first-order valence-electron chi connectivity index (χ1n) is 11.5. The summed E-state index contributed by atoms with van der Waals surface area (Å²) in [5, 5.41) is 0. The summed E-state index contributed by atoms with van der Waals surface area (Å²) in [4.78, 5) is 23.9. The highest BCUT2D eigenvalue weighted by molar-refractivity contribution is 6.00. The lowest BCUT2D eigenvalue weighted by atomic mass is 9.97. The first-order valence-corrected chi connectivity index (χ1v) is 11.5. The molecule has 0 saturated carbocycles. The van der Waals surface area contributed by atoms with E-state index in [0.717, 1.165) is 42.5 Å². The van der Waals surface area contributed by atoms with Crippen molar-refractivity contribution in [2.24, 2.45) is 15.9 Å². The Labute approximate surface area is 189 Å². The third-order valence-electron chi connectivity index (χ3n) is 5.51. The normalized spacial score (nSPS) is 17.9. The van der Waals surface area contributed by atoms with Crippen molar-refractivity contribution in [1.29, 1.82) is 0 Å². The number of hydrogen-bond donors (Lipinski definition) is 0. The van der Waals surface area contributed by atoms with Crippen LogP contribution in [0.1, 0.15) is 67.2 Å². The smallest absolute Gasteiger partial charge is 0.163 e. The zero-order valence-electron chi connectivity index (χ0n) is 20.4. The lowest BCUT2D eigenvalue weighted by Gasteiger charge is -2.28. The van der Waals surface area contributed by atoms with E-state index in [1.165, 1.54) is 11.1 Å². The molecule has 1 atom stereocenters. The number of hydrogen-bond acceptors (Lipinski definition) is 4. The summed E-state index contributed by atoms with van der Waals surface area (Å²) in [5.41, 5.74) is 5.37. The van der Waals surface area contributed by atoms with Crippen molar-refractivity contribution in [2.75, 3.05) is 13.1 Å². The number of unbranched alkanes of at least 4 members (excludes halogenated alkanes) is 1. The number of nitrogens with zero attached hydrogens (tertiary/aromatic N) is 3. The van der Waals surface area contributed by atoms with Crippen LogP contribution in [0.25, 0.3) is 0 Å². The molecule has 31 heavy (non-hydrogen) atoms. The molecule has 0 saturated heterocycles. The van der Waals surface area contributed by atoms with E-state index in [2.05, 4.69) is 57.0 Å². The second kappa shape index (κ2) is 13.7. The van der Waals surface area contributed by atoms with Gasteiger partial charge in [-0.1, -0.05) is 59.3 Å². The molecule has 1 rings (SSSR count). The predicted octanol–water partition coefficient (Wildman–Crippen LogP) is 6.48. The Morgan fingerprint density at radius 3 is 2.48 bits per heavy atom. The fourth-order valence-corrected chi connectivity index (χ4v) is 3.60. The number of allylic oxidation sites excluding steroid dienone is 5. The Morgan fingerprint density at radius 1 is 1.23 bits per heavy atom. The van der Waals surface area contributed by atoms with E-state index in [1.54, 1.807) is 6.20 Å². The molecule has 0 bridgehead atoms. The molecular formula is C27H41N3O. The highest BCUT2D eigenvalue weighted by Gasteiger charge is 2.32. The van der Waals surface area contributed by atoms with Gasteiger partial charge >= 0.3 is 0 Å². The monoisotopic (exact) mass is 423 g/mol. The first kappa shape index (κ1) is 26.5. The minimum Gasteiger partial charge on any atom is -0.362 e. The van der Waals surface area contributed by atoms with E-state index in [1.807, 2.05) is 32.2 Å². The van der Waals surface area contributed by atoms with E-state index in [9.17, 15) is 4.79 Å². The molecule has 1 unspecified atom stereocenters. The van der Waals surface area contributed by atoms with Crippen molar-refractivity contribution in [3.63, 3.8) is 0 Å². The minimum atomic E-state index is -0.0422. The molecule has 0 aromatic heterocycles. The Balaban J connectivity index is 3.21. The summed E-state index contributed by atoms with van der Waals surface area (Å²) < 4.78 is 0. The van der Waals surface area contributed by atoms with Crippen LogP contribution in [0.5, 0.6) is 0 Å². The van der Waals surface area contributed by atoms with Crippen molar-refractivity contribution in [1.82, 2.24) is 4.90 Å². The molecule has 1 aliphatic heterocycles. The summed E-state index contributed by atoms with van der Waals surface area (Å²) in [5.74, 6) is 0.151. The molecule has 0 radical (unpaired) electrons. The van der Waals surface area contributed by atoms with Crippen LogP contribution < -0.4 is 0 Å². The van der Waals surface area contributed by atoms with Gasteiger partial charge in [0.05, 0.1) is 6.54 Å². The fourth-order valence-electron chi connectivity index (χ4n) is 3.60. The van der Waals surface area contributed by atoms with Gasteiger partial charge in [0.2, 0.25) is 0 Å². The van der Waals surface area contributed by atoms with Crippen LogP contribution in [0.4, 0.5) is 0 Å². The van der Waals surface area contributed by atoms with Crippen molar-refractivity contribution in [2.45, 2.75) is 73.3 Å². The van der Waals surface area contributed by atoms with E-state index >= 15 is 0 Å². The lowest BCUT2D eigenvalue weighted by Crippen LogP contribution is -2.33. The number of Topliss-reactive ketones (excluding diaryl/α,β-unsaturated/α-hetero) is 1. The van der Waals surface area contributed by atoms with Crippen molar-refractivity contribution in [3.8, 4) is 0 Å². The average Bonchev–Trinajstić information content (AvgIpc) is 3.12. The summed E-state index contributed by atoms with van der Waals surface area (Å²) in [6.45, 7) is 21.2. The number of aliphatic imine (C=N–C) groups is 2. The number of ketones is 1. The predicted molar refractivity (Wildman–Crippen MR) is 136 cm³/mol. The van der Waals surface area contributed by atoms with Gasteiger partial charge in [0.15, 0.2) is 5.78 Å². The van der Waals surface area contributed by atoms with E-state index in [0.29, 0.717) is 13.1 Å². The average molecular weight is 424 g/mol. The molecule has 0 fully saturated rings. The number of carbonyl (C=O) groups excluding carboxylic acids is 1. The third-order valence-corrected chi connectivity index (χ3v) is 5.51. The fraction of sp³-hybridized carbons (Fsp3) is 0.519. The van der Waals surface area contributed by atoms with Crippen LogP contribution in [0.3, 0.4) is 0 Å². The molecule has 0 spiro atoms. The van der Waals surface area contributed by atoms with Gasteiger partial charge in [-0.2, -0.15) is 0 Å². The molecule has 0 aromatic carbocycles. The van der Waals surface area contributed by atoms with Crippen LogP contribution in [0, 0.1) is 5.92 Å². The summed E-state index contributed by atoms with van der Waals surface area (Å²) in [6.07, 6.45) is 13.8. The van der Waals surface area contributed by atoms with Crippen LogP contribution >= 0.6 is 0 Å². The molecule has 1 aliphatic rings. The van der Waals surface area contributed by atoms with Gasteiger partial charge in [0.25, 0.3) is 0 Å². The molecule has 170 valence electrons. The SMILES string of the molecule is C=C/C(C)=C(\C=N/CC(C)N1CC(C(=O)C(C)C)=C(/C=C\N=C)/C1=C\CCC)CCC. The molecule has 4 heteroatoms. The van der Waals surface area contributed by atoms with Crippen LogP contribution in [-0.2, 0) is 4.79 Å². The Bertz CT molecular complexity index is 793. The Kier molecular flexibility index (Phi) is 11.8. The topological polar surface area (TPSA) is 45.0 Å². The molecule has 0 amide bonds. The van der Waals surface area contributed by atoms with Crippen LogP contribution in [0.15, 0.2) is 69.0 Å². The quantitative estimate of drug-likeness (QED) is 0.251. The van der Waals surface area contributed by atoms with Gasteiger partial charge in [0, 0.05) is 47.8 Å². The second-order valence-corrected chi connectivity index (χ2v) is 8.42. The molecule has 4 nitrogen and oxygen atoms in total. The Hall–Kier alpha value is -2.49. The highest BCUT2D eigenvalue weighted by atomic mass is 16.1. The van der Waals surface area contributed by atoms with Gasteiger partial charge in [-0.3, -0.25) is 14.8 Å². The molecular weight excluding hydrogens is 382 g/mol. The standard InChI is InChI=1S/C27H41N3O/c1-9-12-14-26-24(15-16-28-8)25(27(31)20(4)5)19-30(26)22(7)17-29-18-23(13-10-2)21(6)11-3/h11,14-16,18,20,22H,3,8-10,12-13,17,19H2,1-2,4-7H3/b16-15-,23-21-,26-14+,29-18-. The van der Waals surface area contributed by atoms with Crippen LogP contribution in [-0.4, -0.2) is 42.7 Å². The van der Waals surface area contributed by atoms with E-state index in [-0.39, 0.29) is 17.7 Å². The Morgan fingerprint density at radius 2 is 1.94 bits per heavy atom. The summed E-state index contributed by atoms with van der Waals surface area (Å²) >= 11 is 0. The molecule has 0 N–H and O–H groups in total. The molecule has 0 aromatic rings. The van der Waals surface area contributed by atoms with Crippen molar-refractivity contribution < 1.29 is 4.79 Å². The summed E-state index contributed by atoms with van der Waals surface area (Å²) in [7, 11) is 0. The van der Waals surface area contributed by atoms with Crippen molar-refractivity contribution >= 4 is 18.7 Å². The van der Waals surface area contributed by atoms with Crippen molar-refractivity contribution in [3.05, 3.63) is 59.0 Å². The van der Waals surface area contributed by atoms with Crippen LogP contribution in [0.2, 0.25) is 0 Å². The van der Waals surface area contributed by atoms with Gasteiger partial charge in [-0.15, -0.1) is 0 Å². The number of carbonyl (C=O) groups is 1. The molecule has 0 aliphatic carbocycles. The number of rotatable bonds is 13. The maximum absolute atomic E-state index is 13.0. The second-order valence-electron chi connectivity index (χ2n) is 8.42. The molecule has 1 heterocycles. The van der Waals surface area contributed by atoms with Gasteiger partial charge < -0.3 is 4.90 Å². The largest absolute Gasteiger partial charge is 0.362 e. The highest BCUT2D eigenvalue weighted by Crippen LogP contribution is 2.33. The van der Waals surface area contributed by atoms with Gasteiger partial charge in [0.1, 0.15) is 0 Å². The minimum absolute atomic E-state index is 0.0422.